The number of unbranched alkanes of at least 4 members (excludes halogenated alkanes) is 17. The van der Waals surface area contributed by atoms with Crippen LogP contribution in [0.2, 0.25) is 0 Å². The number of hydrogen-bond donors (Lipinski definition) is 0. The number of amides is 1. The molecule has 1 unspecified atom stereocenters. The Balaban J connectivity index is 5.08. The Morgan fingerprint density at radius 3 is 1.02 bits per heavy atom. The molecular weight excluding hydrogens is 570 g/mol. The zero-order valence-electron chi connectivity index (χ0n) is 29.6. The van der Waals surface area contributed by atoms with Gasteiger partial charge in [0.15, 0.2) is 0 Å². The molecule has 0 spiro atoms. The van der Waals surface area contributed by atoms with Gasteiger partial charge in [-0.1, -0.05) is 149 Å². The third kappa shape index (κ3) is 26.0. The summed E-state index contributed by atoms with van der Waals surface area (Å²) in [6, 6.07) is 0. The molecule has 1 atom stereocenters. The minimum Gasteiger partial charge on any atom is -0.461 e. The van der Waals surface area contributed by atoms with Crippen LogP contribution in [0.4, 0.5) is 4.79 Å². The van der Waals surface area contributed by atoms with Crippen LogP contribution in [0.25, 0.3) is 0 Å². The number of hydrogen-bond acceptors (Lipinski definition) is 6. The van der Waals surface area contributed by atoms with Gasteiger partial charge in [0.25, 0.3) is 5.24 Å². The van der Waals surface area contributed by atoms with Gasteiger partial charge in [-0.05, 0) is 57.6 Å². The standard InChI is InChI=1S/C37H71NO5S/c1-6-10-14-18-22-26-30-34(29-25-21-17-13-9-4)43-36(40)32-38(37(41)44-5)31-35(39)42-33(27-23-19-15-11-7-2)28-24-20-16-12-8-3/h33-34H,6-32H2,1-5H3. The van der Waals surface area contributed by atoms with Crippen LogP contribution in [0, 0.1) is 0 Å². The second-order valence-corrected chi connectivity index (χ2v) is 13.5. The van der Waals surface area contributed by atoms with E-state index in [4.69, 9.17) is 9.47 Å². The molecule has 0 aliphatic rings. The number of carbonyl (C=O) groups excluding carboxylic acids is 3. The zero-order valence-corrected chi connectivity index (χ0v) is 30.5. The van der Waals surface area contributed by atoms with Crippen molar-refractivity contribution in [1.29, 1.82) is 0 Å². The van der Waals surface area contributed by atoms with Crippen molar-refractivity contribution in [3.8, 4) is 0 Å². The van der Waals surface area contributed by atoms with Gasteiger partial charge in [-0.15, -0.1) is 0 Å². The van der Waals surface area contributed by atoms with Crippen molar-refractivity contribution in [1.82, 2.24) is 4.90 Å². The van der Waals surface area contributed by atoms with Crippen molar-refractivity contribution in [3.05, 3.63) is 0 Å². The van der Waals surface area contributed by atoms with Crippen LogP contribution in [0.3, 0.4) is 0 Å². The quantitative estimate of drug-likeness (QED) is 0.0554. The van der Waals surface area contributed by atoms with E-state index in [1.54, 1.807) is 6.26 Å². The minimum atomic E-state index is -0.424. The fraction of sp³-hybridized carbons (Fsp3) is 0.919. The van der Waals surface area contributed by atoms with E-state index < -0.39 is 11.9 Å². The topological polar surface area (TPSA) is 72.9 Å². The molecule has 0 heterocycles. The van der Waals surface area contributed by atoms with Gasteiger partial charge in [0.1, 0.15) is 25.3 Å². The fourth-order valence-electron chi connectivity index (χ4n) is 5.68. The molecule has 44 heavy (non-hydrogen) atoms. The lowest BCUT2D eigenvalue weighted by atomic mass is 10.0. The highest BCUT2D eigenvalue weighted by molar-refractivity contribution is 8.12. The monoisotopic (exact) mass is 642 g/mol. The van der Waals surface area contributed by atoms with Gasteiger partial charge < -0.3 is 14.4 Å². The van der Waals surface area contributed by atoms with E-state index in [1.165, 1.54) is 88.4 Å². The molecule has 0 aliphatic heterocycles. The number of nitrogens with zero attached hydrogens (tertiary/aromatic N) is 1. The first-order valence-electron chi connectivity index (χ1n) is 18.6. The van der Waals surface area contributed by atoms with Crippen molar-refractivity contribution in [2.45, 2.75) is 200 Å². The molecule has 0 saturated carbocycles. The molecule has 0 aromatic heterocycles. The summed E-state index contributed by atoms with van der Waals surface area (Å²) in [7, 11) is 0. The Morgan fingerprint density at radius 2 is 0.750 bits per heavy atom. The third-order valence-corrected chi connectivity index (χ3v) is 9.05. The van der Waals surface area contributed by atoms with Gasteiger partial charge in [-0.2, -0.15) is 0 Å². The lowest BCUT2D eigenvalue weighted by Crippen LogP contribution is -2.40. The van der Waals surface area contributed by atoms with Crippen LogP contribution in [0.15, 0.2) is 0 Å². The summed E-state index contributed by atoms with van der Waals surface area (Å²) in [5, 5.41) is -0.304. The largest absolute Gasteiger partial charge is 0.461 e. The molecule has 0 radical (unpaired) electrons. The van der Waals surface area contributed by atoms with Crippen molar-refractivity contribution in [3.63, 3.8) is 0 Å². The number of rotatable bonds is 31. The summed E-state index contributed by atoms with van der Waals surface area (Å²) < 4.78 is 11.9. The molecule has 0 rings (SSSR count). The summed E-state index contributed by atoms with van der Waals surface area (Å²) in [6.07, 6.45) is 29.6. The van der Waals surface area contributed by atoms with E-state index in [1.807, 2.05) is 0 Å². The smallest absolute Gasteiger partial charge is 0.325 e. The summed E-state index contributed by atoms with van der Waals surface area (Å²) in [6.45, 7) is 8.43. The highest BCUT2D eigenvalue weighted by atomic mass is 32.2. The van der Waals surface area contributed by atoms with Crippen molar-refractivity contribution >= 4 is 28.9 Å². The number of thioether (sulfide) groups is 1. The molecule has 260 valence electrons. The van der Waals surface area contributed by atoms with E-state index in [-0.39, 0.29) is 30.5 Å². The molecule has 6 nitrogen and oxygen atoms in total. The Labute approximate surface area is 276 Å². The minimum absolute atomic E-state index is 0.127. The number of carbonyl (C=O) groups is 3. The molecule has 7 heteroatoms. The summed E-state index contributed by atoms with van der Waals surface area (Å²) in [4.78, 5) is 40.2. The van der Waals surface area contributed by atoms with Crippen LogP contribution in [-0.2, 0) is 19.1 Å². The maximum absolute atomic E-state index is 13.1. The van der Waals surface area contributed by atoms with E-state index in [0.29, 0.717) is 0 Å². The number of ether oxygens (including phenoxy) is 2. The van der Waals surface area contributed by atoms with Crippen LogP contribution in [-0.4, -0.2) is 53.6 Å². The molecule has 0 N–H and O–H groups in total. The SMILES string of the molecule is CCCCCCCCC(CCCCCCC)OC(=O)CN(CC(=O)OC(CCCCCCC)CCCCCCC)C(=O)SC. The zero-order chi connectivity index (χ0) is 32.7. The van der Waals surface area contributed by atoms with Gasteiger partial charge in [-0.25, -0.2) is 0 Å². The molecule has 0 saturated heterocycles. The Morgan fingerprint density at radius 1 is 0.477 bits per heavy atom. The Hall–Kier alpha value is -1.24. The van der Waals surface area contributed by atoms with Crippen molar-refractivity contribution in [2.24, 2.45) is 0 Å². The first kappa shape index (κ1) is 42.8. The van der Waals surface area contributed by atoms with Crippen LogP contribution in [0.5, 0.6) is 0 Å². The Kier molecular flexibility index (Phi) is 30.8. The van der Waals surface area contributed by atoms with Gasteiger partial charge in [-0.3, -0.25) is 14.4 Å². The van der Waals surface area contributed by atoms with Gasteiger partial charge >= 0.3 is 11.9 Å². The fourth-order valence-corrected chi connectivity index (χ4v) is 6.06. The highest BCUT2D eigenvalue weighted by Gasteiger charge is 2.25. The lowest BCUT2D eigenvalue weighted by molar-refractivity contribution is -0.153. The molecule has 0 aromatic carbocycles. The second-order valence-electron chi connectivity index (χ2n) is 12.7. The second kappa shape index (κ2) is 31.7. The molecular formula is C37H71NO5S. The van der Waals surface area contributed by atoms with E-state index in [0.717, 1.165) is 88.8 Å². The molecule has 0 aromatic rings. The van der Waals surface area contributed by atoms with Gasteiger partial charge in [0, 0.05) is 0 Å². The summed E-state index contributed by atoms with van der Waals surface area (Å²) in [5.74, 6) is -0.847. The van der Waals surface area contributed by atoms with Crippen molar-refractivity contribution < 1.29 is 23.9 Å². The predicted molar refractivity (Wildman–Crippen MR) is 188 cm³/mol. The van der Waals surface area contributed by atoms with E-state index in [2.05, 4.69) is 27.7 Å². The Bertz CT molecular complexity index is 675. The summed E-state index contributed by atoms with van der Waals surface area (Å²) in [5.41, 5.74) is 0. The highest BCUT2D eigenvalue weighted by Crippen LogP contribution is 2.19. The van der Waals surface area contributed by atoms with Crippen LogP contribution < -0.4 is 0 Å². The summed E-state index contributed by atoms with van der Waals surface area (Å²) >= 11 is 1.01. The van der Waals surface area contributed by atoms with Gasteiger partial charge in [0.2, 0.25) is 0 Å². The lowest BCUT2D eigenvalue weighted by Gasteiger charge is -2.24. The third-order valence-electron chi connectivity index (χ3n) is 8.44. The van der Waals surface area contributed by atoms with E-state index in [9.17, 15) is 14.4 Å². The predicted octanol–water partition coefficient (Wildman–Crippen LogP) is 11.4. The van der Waals surface area contributed by atoms with E-state index >= 15 is 0 Å². The van der Waals surface area contributed by atoms with Gasteiger partial charge in [0.05, 0.1) is 0 Å². The molecule has 0 bridgehead atoms. The van der Waals surface area contributed by atoms with Crippen molar-refractivity contribution in [2.75, 3.05) is 19.3 Å². The average molecular weight is 642 g/mol. The first-order chi connectivity index (χ1) is 21.4. The molecule has 0 fully saturated rings. The average Bonchev–Trinajstić information content (AvgIpc) is 3.01. The van der Waals surface area contributed by atoms with Crippen LogP contribution in [0.1, 0.15) is 188 Å². The molecule has 0 aliphatic carbocycles. The first-order valence-corrected chi connectivity index (χ1v) is 19.9. The normalized spacial score (nSPS) is 12.0. The number of esters is 2. The maximum Gasteiger partial charge on any atom is 0.325 e. The molecule has 1 amide bonds. The maximum atomic E-state index is 13.1. The van der Waals surface area contributed by atoms with Crippen LogP contribution >= 0.6 is 11.8 Å².